The molecule has 1 rings (SSSR count). The molecule has 18 heavy (non-hydrogen) atoms. The monoisotopic (exact) mass is 280 g/mol. The highest BCUT2D eigenvalue weighted by atomic mass is 32.2. The van der Waals surface area contributed by atoms with E-state index in [4.69, 9.17) is 24.7 Å². The number of aliphatic hydroxyl groups excluding tert-OH is 2. The van der Waals surface area contributed by atoms with Crippen molar-refractivity contribution in [3.8, 4) is 0 Å². The summed E-state index contributed by atoms with van der Waals surface area (Å²) in [6.07, 6.45) is 0. The quantitative estimate of drug-likeness (QED) is 0.439. The number of benzene rings is 1. The molecular weight excluding hydrogens is 264 g/mol. The van der Waals surface area contributed by atoms with Gasteiger partial charge < -0.3 is 15.3 Å². The van der Waals surface area contributed by atoms with E-state index in [1.165, 1.54) is 12.1 Å². The Morgan fingerprint density at radius 1 is 1.11 bits per heavy atom. The molecule has 0 unspecified atom stereocenters. The maximum absolute atomic E-state index is 10.5. The van der Waals surface area contributed by atoms with Crippen molar-refractivity contribution in [3.05, 3.63) is 29.8 Å². The van der Waals surface area contributed by atoms with Crippen molar-refractivity contribution >= 4 is 16.6 Å². The Balaban J connectivity index is 0. The van der Waals surface area contributed by atoms with E-state index in [0.717, 1.165) is 5.56 Å². The second-order valence-corrected chi connectivity index (χ2v) is 4.26. The molecule has 0 spiro atoms. The number of carbonyl (C=O) groups is 1. The van der Waals surface area contributed by atoms with E-state index in [2.05, 4.69) is 0 Å². The van der Waals surface area contributed by atoms with Crippen molar-refractivity contribution in [2.24, 2.45) is 0 Å². The van der Waals surface area contributed by atoms with Gasteiger partial charge in [0.05, 0.1) is 18.1 Å². The van der Waals surface area contributed by atoms with Gasteiger partial charge in [-0.15, -0.1) is 0 Å². The van der Waals surface area contributed by atoms with Crippen LogP contribution in [0, 0.1) is 6.92 Å². The molecule has 0 bridgehead atoms. The van der Waals surface area contributed by atoms with Crippen LogP contribution in [0.1, 0.15) is 5.56 Å². The standard InChI is InChI=1S/C7H8O3S.C2H6O2.CH2O2/c1-6-2-4-7(5-3-6)11(8,9)10;3-1-2-4;2-1-3/h2-5H,1H3,(H,8,9,10);3-4H,1-2H2;1H,(H,2,3). The molecule has 1 aromatic rings. The number of hydrogen-bond donors (Lipinski definition) is 4. The Bertz CT molecular complexity index is 408. The molecule has 0 atom stereocenters. The zero-order valence-electron chi connectivity index (χ0n) is 9.72. The fourth-order valence-electron chi connectivity index (χ4n) is 0.710. The molecule has 1 aromatic carbocycles. The van der Waals surface area contributed by atoms with Gasteiger partial charge in [0.2, 0.25) is 0 Å². The first-order valence-corrected chi connectivity index (χ1v) is 6.11. The molecule has 0 saturated heterocycles. The molecule has 104 valence electrons. The van der Waals surface area contributed by atoms with Crippen LogP contribution in [-0.2, 0) is 14.9 Å². The molecule has 0 aliphatic heterocycles. The molecule has 0 aliphatic carbocycles. The van der Waals surface area contributed by atoms with Gasteiger partial charge >= 0.3 is 0 Å². The van der Waals surface area contributed by atoms with E-state index in [9.17, 15) is 8.42 Å². The summed E-state index contributed by atoms with van der Waals surface area (Å²) in [5, 5.41) is 22.1. The first-order valence-electron chi connectivity index (χ1n) is 4.67. The van der Waals surface area contributed by atoms with Crippen LogP contribution in [0.15, 0.2) is 29.2 Å². The lowest BCUT2D eigenvalue weighted by atomic mass is 10.2. The normalized spacial score (nSPS) is 9.33. The van der Waals surface area contributed by atoms with Crippen molar-refractivity contribution in [3.63, 3.8) is 0 Å². The van der Waals surface area contributed by atoms with Gasteiger partial charge in [-0.3, -0.25) is 9.35 Å². The van der Waals surface area contributed by atoms with Crippen LogP contribution < -0.4 is 0 Å². The molecule has 0 aliphatic rings. The van der Waals surface area contributed by atoms with E-state index >= 15 is 0 Å². The van der Waals surface area contributed by atoms with Gasteiger partial charge in [-0.05, 0) is 19.1 Å². The average molecular weight is 280 g/mol. The van der Waals surface area contributed by atoms with Crippen molar-refractivity contribution in [2.45, 2.75) is 11.8 Å². The van der Waals surface area contributed by atoms with E-state index in [0.29, 0.717) is 0 Å². The van der Waals surface area contributed by atoms with Crippen molar-refractivity contribution in [2.75, 3.05) is 13.2 Å². The molecule has 4 N–H and O–H groups in total. The maximum atomic E-state index is 10.5. The number of aryl methyl sites for hydroxylation is 1. The number of carboxylic acid groups (broad SMARTS) is 1. The smallest absolute Gasteiger partial charge is 0.294 e. The summed E-state index contributed by atoms with van der Waals surface area (Å²) in [5.74, 6) is 0. The number of aliphatic hydroxyl groups is 2. The SMILES string of the molecule is Cc1ccc(S(=O)(=O)O)cc1.O=CO.OCCO. The Kier molecular flexibility index (Phi) is 11.2. The predicted molar refractivity (Wildman–Crippen MR) is 63.9 cm³/mol. The lowest BCUT2D eigenvalue weighted by Crippen LogP contribution is -1.96. The van der Waals surface area contributed by atoms with E-state index in [-0.39, 0.29) is 24.6 Å². The Labute approximate surface area is 105 Å². The Morgan fingerprint density at radius 2 is 1.44 bits per heavy atom. The van der Waals surface area contributed by atoms with Gasteiger partial charge in [0.15, 0.2) is 0 Å². The molecule has 0 amide bonds. The molecule has 0 saturated carbocycles. The second-order valence-electron chi connectivity index (χ2n) is 2.84. The van der Waals surface area contributed by atoms with Crippen LogP contribution in [0.25, 0.3) is 0 Å². The summed E-state index contributed by atoms with van der Waals surface area (Å²) < 4.78 is 29.6. The van der Waals surface area contributed by atoms with Crippen LogP contribution in [0.5, 0.6) is 0 Å². The second kappa shape index (κ2) is 10.7. The van der Waals surface area contributed by atoms with Crippen molar-refractivity contribution in [1.29, 1.82) is 0 Å². The summed E-state index contributed by atoms with van der Waals surface area (Å²) in [4.78, 5) is 8.29. The van der Waals surface area contributed by atoms with Gasteiger partial charge in [0.25, 0.3) is 16.6 Å². The summed E-state index contributed by atoms with van der Waals surface area (Å²) in [7, 11) is -4.02. The van der Waals surface area contributed by atoms with Crippen molar-refractivity contribution < 1.29 is 33.1 Å². The fraction of sp³-hybridized carbons (Fsp3) is 0.300. The van der Waals surface area contributed by atoms with Gasteiger partial charge in [-0.1, -0.05) is 17.7 Å². The summed E-state index contributed by atoms with van der Waals surface area (Å²) >= 11 is 0. The first-order chi connectivity index (χ1) is 8.33. The third-order valence-electron chi connectivity index (χ3n) is 1.42. The third kappa shape index (κ3) is 11.0. The lowest BCUT2D eigenvalue weighted by molar-refractivity contribution is -0.122. The summed E-state index contributed by atoms with van der Waals surface area (Å²) in [5.41, 5.74) is 0.956. The van der Waals surface area contributed by atoms with Crippen LogP contribution in [0.2, 0.25) is 0 Å². The predicted octanol–water partition coefficient (Wildman–Crippen LogP) is -0.0865. The van der Waals surface area contributed by atoms with Gasteiger partial charge in [0, 0.05) is 0 Å². The fourth-order valence-corrected chi connectivity index (χ4v) is 1.19. The average Bonchev–Trinajstić information content (AvgIpc) is 2.30. The van der Waals surface area contributed by atoms with Crippen LogP contribution in [0.4, 0.5) is 0 Å². The molecule has 0 aromatic heterocycles. The molecule has 0 radical (unpaired) electrons. The minimum atomic E-state index is -4.02. The number of hydrogen-bond acceptors (Lipinski definition) is 5. The molecule has 0 fully saturated rings. The Hall–Kier alpha value is -1.48. The van der Waals surface area contributed by atoms with E-state index < -0.39 is 10.1 Å². The highest BCUT2D eigenvalue weighted by Crippen LogP contribution is 2.08. The summed E-state index contributed by atoms with van der Waals surface area (Å²) in [6, 6.07) is 5.99. The van der Waals surface area contributed by atoms with E-state index in [1.807, 2.05) is 6.92 Å². The highest BCUT2D eigenvalue weighted by molar-refractivity contribution is 7.85. The molecular formula is C10H16O7S. The Morgan fingerprint density at radius 3 is 1.67 bits per heavy atom. The van der Waals surface area contributed by atoms with Crippen LogP contribution >= 0.6 is 0 Å². The first kappa shape index (κ1) is 18.9. The van der Waals surface area contributed by atoms with Gasteiger partial charge in [0.1, 0.15) is 0 Å². The molecule has 8 heteroatoms. The van der Waals surface area contributed by atoms with Gasteiger partial charge in [-0.25, -0.2) is 0 Å². The highest BCUT2D eigenvalue weighted by Gasteiger charge is 2.06. The minimum Gasteiger partial charge on any atom is -0.483 e. The van der Waals surface area contributed by atoms with Crippen LogP contribution in [0.3, 0.4) is 0 Å². The zero-order valence-corrected chi connectivity index (χ0v) is 10.5. The lowest BCUT2D eigenvalue weighted by Gasteiger charge is -1.95. The summed E-state index contributed by atoms with van der Waals surface area (Å²) in [6.45, 7) is 1.34. The largest absolute Gasteiger partial charge is 0.483 e. The maximum Gasteiger partial charge on any atom is 0.294 e. The molecule has 0 heterocycles. The minimum absolute atomic E-state index is 0.0666. The van der Waals surface area contributed by atoms with E-state index in [1.54, 1.807) is 12.1 Å². The molecule has 7 nitrogen and oxygen atoms in total. The third-order valence-corrected chi connectivity index (χ3v) is 2.29. The topological polar surface area (TPSA) is 132 Å². The zero-order chi connectivity index (χ0) is 14.6. The van der Waals surface area contributed by atoms with Gasteiger partial charge in [-0.2, -0.15) is 8.42 Å². The number of rotatable bonds is 2. The van der Waals surface area contributed by atoms with Crippen molar-refractivity contribution in [1.82, 2.24) is 0 Å². The van der Waals surface area contributed by atoms with Crippen LogP contribution in [-0.4, -0.2) is 48.0 Å².